The first kappa shape index (κ1) is 30.6. The number of ether oxygens (including phenoxy) is 2. The Morgan fingerprint density at radius 3 is 2.27 bits per heavy atom. The quantitative estimate of drug-likeness (QED) is 0.175. The zero-order chi connectivity index (χ0) is 27.6. The van der Waals surface area contributed by atoms with Crippen molar-refractivity contribution < 1.29 is 19.7 Å². The number of alkyl halides is 1. The molecule has 9 heteroatoms. The van der Waals surface area contributed by atoms with Crippen LogP contribution in [-0.2, 0) is 5.41 Å². The van der Waals surface area contributed by atoms with Gasteiger partial charge in [-0.2, -0.15) is 4.91 Å². The fourth-order valence-electron chi connectivity index (χ4n) is 3.93. The number of aliphatic hydroxyl groups is 2. The second-order valence-corrected chi connectivity index (χ2v) is 10.1. The van der Waals surface area contributed by atoms with Gasteiger partial charge in [-0.15, -0.1) is 11.6 Å². The Morgan fingerprint density at radius 2 is 1.76 bits per heavy atom. The molecule has 0 bridgehead atoms. The Labute approximate surface area is 225 Å². The fraction of sp³-hybridized carbons (Fsp3) is 0.500. The molecule has 0 fully saturated rings. The van der Waals surface area contributed by atoms with E-state index in [9.17, 15) is 15.1 Å². The summed E-state index contributed by atoms with van der Waals surface area (Å²) in [6.45, 7) is 10.5. The number of benzene rings is 2. The smallest absolute Gasteiger partial charge is 0.145 e. The van der Waals surface area contributed by atoms with Crippen LogP contribution < -0.4 is 14.9 Å². The molecule has 0 aliphatic rings. The highest BCUT2D eigenvalue weighted by Crippen LogP contribution is 2.34. The van der Waals surface area contributed by atoms with Gasteiger partial charge in [0.05, 0.1) is 24.7 Å². The van der Waals surface area contributed by atoms with Gasteiger partial charge in [0.2, 0.25) is 0 Å². The van der Waals surface area contributed by atoms with E-state index in [1.54, 1.807) is 12.1 Å². The maximum atomic E-state index is 11.5. The summed E-state index contributed by atoms with van der Waals surface area (Å²) in [6.07, 6.45) is -0.701. The number of halogens is 1. The number of rotatable bonds is 15. The van der Waals surface area contributed by atoms with Crippen LogP contribution >= 0.6 is 11.6 Å². The second-order valence-electron chi connectivity index (χ2n) is 9.76. The Hall–Kier alpha value is -2.65. The largest absolute Gasteiger partial charge is 0.491 e. The molecular weight excluding hydrogens is 494 g/mol. The molecule has 37 heavy (non-hydrogen) atoms. The van der Waals surface area contributed by atoms with Crippen molar-refractivity contribution in [3.05, 3.63) is 75.3 Å². The first-order valence-corrected chi connectivity index (χ1v) is 12.9. The Balaban J connectivity index is 2.06. The summed E-state index contributed by atoms with van der Waals surface area (Å²) in [5.41, 5.74) is 7.58. The molecule has 0 saturated heterocycles. The third kappa shape index (κ3) is 8.43. The topological polar surface area (TPSA) is 104 Å². The average molecular weight is 534 g/mol. The van der Waals surface area contributed by atoms with Crippen LogP contribution in [0.15, 0.2) is 58.9 Å². The lowest BCUT2D eigenvalue weighted by molar-refractivity contribution is 0.125. The zero-order valence-corrected chi connectivity index (χ0v) is 23.4. The van der Waals surface area contributed by atoms with E-state index in [1.165, 1.54) is 0 Å². The number of aliphatic hydroxyl groups excluding tert-OH is 2. The van der Waals surface area contributed by atoms with E-state index in [0.717, 1.165) is 28.0 Å². The molecule has 0 heterocycles. The Kier molecular flexibility index (Phi) is 11.8. The number of hydrogen-bond donors (Lipinski definition) is 3. The summed E-state index contributed by atoms with van der Waals surface area (Å²) in [7, 11) is 1.73. The molecule has 3 N–H and O–H groups in total. The number of aryl methyl sites for hydroxylation is 1. The molecule has 0 amide bonds. The molecule has 0 aliphatic carbocycles. The van der Waals surface area contributed by atoms with Gasteiger partial charge in [-0.25, -0.2) is 5.43 Å². The van der Waals surface area contributed by atoms with Gasteiger partial charge in [0.15, 0.2) is 0 Å². The third-order valence-corrected chi connectivity index (χ3v) is 6.75. The number of hydrogen-bond acceptors (Lipinski definition) is 8. The van der Waals surface area contributed by atoms with E-state index in [4.69, 9.17) is 21.1 Å². The minimum absolute atomic E-state index is 0.116. The van der Waals surface area contributed by atoms with E-state index in [2.05, 4.69) is 30.5 Å². The van der Waals surface area contributed by atoms with Gasteiger partial charge in [0.25, 0.3) is 0 Å². The van der Waals surface area contributed by atoms with E-state index >= 15 is 0 Å². The third-order valence-electron chi connectivity index (χ3n) is 6.39. The number of nitroso groups, excluding NO2 is 1. The van der Waals surface area contributed by atoms with Crippen LogP contribution in [0.25, 0.3) is 0 Å². The molecule has 204 valence electrons. The van der Waals surface area contributed by atoms with Crippen molar-refractivity contribution in [1.29, 1.82) is 0 Å². The predicted molar refractivity (Wildman–Crippen MR) is 148 cm³/mol. The van der Waals surface area contributed by atoms with Crippen LogP contribution in [0.1, 0.15) is 44.4 Å². The minimum atomic E-state index is -0.701. The van der Waals surface area contributed by atoms with Gasteiger partial charge in [-0.05, 0) is 55.7 Å². The summed E-state index contributed by atoms with van der Waals surface area (Å²) in [5, 5.41) is 24.2. The van der Waals surface area contributed by atoms with Crippen LogP contribution in [-0.4, -0.2) is 66.7 Å². The molecule has 0 spiro atoms. The van der Waals surface area contributed by atoms with Crippen LogP contribution in [0.2, 0.25) is 0 Å². The molecule has 0 radical (unpaired) electrons. The summed E-state index contributed by atoms with van der Waals surface area (Å²) in [6, 6.07) is 13.2. The van der Waals surface area contributed by atoms with Crippen molar-refractivity contribution in [3.63, 3.8) is 0 Å². The van der Waals surface area contributed by atoms with E-state index in [-0.39, 0.29) is 37.7 Å². The average Bonchev–Trinajstić information content (AvgIpc) is 2.89. The summed E-state index contributed by atoms with van der Waals surface area (Å²) in [4.78, 5) is 11.5. The lowest BCUT2D eigenvalue weighted by Gasteiger charge is -2.28. The van der Waals surface area contributed by atoms with Crippen molar-refractivity contribution >= 4 is 11.6 Å². The molecule has 2 aromatic rings. The molecular formula is C28H40ClN3O5. The van der Waals surface area contributed by atoms with Gasteiger partial charge in [-0.1, -0.05) is 48.9 Å². The van der Waals surface area contributed by atoms with Crippen molar-refractivity contribution in [2.75, 3.05) is 39.3 Å². The van der Waals surface area contributed by atoms with E-state index in [0.29, 0.717) is 11.4 Å². The van der Waals surface area contributed by atoms with Crippen LogP contribution in [0, 0.1) is 11.8 Å². The maximum absolute atomic E-state index is 11.5. The normalized spacial score (nSPS) is 13.0. The van der Waals surface area contributed by atoms with Gasteiger partial charge in [-0.3, -0.25) is 0 Å². The molecule has 0 aromatic heterocycles. The number of nitrogens with zero attached hydrogens (tertiary/aromatic N) is 2. The van der Waals surface area contributed by atoms with Gasteiger partial charge in [0, 0.05) is 12.5 Å². The first-order valence-electron chi connectivity index (χ1n) is 12.3. The standard InChI is InChI=1S/C28H40ClN3O5/c1-19(2)26(16-33)32(30-6)15-23(31-35)17-36-25-10-7-21(8-11-25)28(4,5)22-9-12-27(20(3)13-22)37-18-24(34)14-29/h7-13,23-24,30,33-34H,14-18H2,1-6H3/t23-,24+/m1/s1. The zero-order valence-electron chi connectivity index (χ0n) is 22.6. The highest BCUT2D eigenvalue weighted by atomic mass is 35.5. The highest BCUT2D eigenvalue weighted by Gasteiger charge is 2.24. The fourth-order valence-corrected chi connectivity index (χ4v) is 4.02. The number of hydrazine groups is 1. The number of nitrogens with one attached hydrogen (secondary N) is 1. The molecule has 0 saturated carbocycles. The van der Waals surface area contributed by atoms with Crippen LogP contribution in [0.3, 0.4) is 0 Å². The maximum Gasteiger partial charge on any atom is 0.145 e. The molecule has 2 rings (SSSR count). The molecule has 8 nitrogen and oxygen atoms in total. The molecule has 2 aromatic carbocycles. The summed E-state index contributed by atoms with van der Waals surface area (Å²) >= 11 is 5.65. The molecule has 0 aliphatic heterocycles. The minimum Gasteiger partial charge on any atom is -0.491 e. The lowest BCUT2D eigenvalue weighted by atomic mass is 9.77. The van der Waals surface area contributed by atoms with Crippen LogP contribution in [0.4, 0.5) is 0 Å². The van der Waals surface area contributed by atoms with Gasteiger partial charge < -0.3 is 24.7 Å². The Bertz CT molecular complexity index is 1040. The predicted octanol–water partition coefficient (Wildman–Crippen LogP) is 4.54. The highest BCUT2D eigenvalue weighted by molar-refractivity contribution is 6.18. The summed E-state index contributed by atoms with van der Waals surface area (Å²) < 4.78 is 11.6. The lowest BCUT2D eigenvalue weighted by Crippen LogP contribution is -2.42. The molecule has 2 atom stereocenters. The van der Waals surface area contributed by atoms with Crippen molar-refractivity contribution in [1.82, 2.24) is 10.4 Å². The van der Waals surface area contributed by atoms with Crippen LogP contribution in [0.5, 0.6) is 11.5 Å². The SMILES string of the molecule is CNN(C[C@H](COc1ccc(C(C)(C)c2ccc(OC[C@@H](O)CCl)c(C)c2)cc1)N=O)C(CO)=C(C)C. The first-order chi connectivity index (χ1) is 17.6. The van der Waals surface area contributed by atoms with Gasteiger partial charge in [0.1, 0.15) is 36.9 Å². The van der Waals surface area contributed by atoms with E-state index in [1.807, 2.05) is 57.2 Å². The summed E-state index contributed by atoms with van der Waals surface area (Å²) in [5.74, 6) is 1.50. The second kappa shape index (κ2) is 14.3. The molecule has 0 unspecified atom stereocenters. The van der Waals surface area contributed by atoms with Crippen molar-refractivity contribution in [3.8, 4) is 11.5 Å². The van der Waals surface area contributed by atoms with E-state index < -0.39 is 12.1 Å². The number of allylic oxidation sites excluding steroid dienone is 1. The van der Waals surface area contributed by atoms with Crippen molar-refractivity contribution in [2.24, 2.45) is 5.18 Å². The monoisotopic (exact) mass is 533 g/mol. The van der Waals surface area contributed by atoms with Gasteiger partial charge >= 0.3 is 0 Å². The van der Waals surface area contributed by atoms with Crippen molar-refractivity contribution in [2.45, 2.75) is 52.2 Å². The Morgan fingerprint density at radius 1 is 1.11 bits per heavy atom.